The minimum absolute atomic E-state index is 0.500. The number of nitrogens with one attached hydrogen (secondary N) is 1. The van der Waals surface area contributed by atoms with Crippen molar-refractivity contribution in [3.63, 3.8) is 0 Å². The zero-order valence-electron chi connectivity index (χ0n) is 12.7. The van der Waals surface area contributed by atoms with E-state index in [1.165, 1.54) is 64.6 Å². The van der Waals surface area contributed by atoms with Crippen LogP contribution in [0.25, 0.3) is 0 Å². The van der Waals surface area contributed by atoms with E-state index in [1.807, 2.05) is 0 Å². The van der Waals surface area contributed by atoms with E-state index in [0.29, 0.717) is 11.6 Å². The molecule has 0 spiro atoms. The standard InChI is InChI=1S/C16H32N2/c1-14(2)12-15-13-18(11-7-10-17-15)16(3)8-5-4-6-9-16/h14-15,17H,4-13H2,1-3H3. The van der Waals surface area contributed by atoms with Gasteiger partial charge in [-0.2, -0.15) is 0 Å². The van der Waals surface area contributed by atoms with Gasteiger partial charge < -0.3 is 5.32 Å². The molecule has 2 fully saturated rings. The maximum Gasteiger partial charge on any atom is 0.0197 e. The molecule has 0 radical (unpaired) electrons. The van der Waals surface area contributed by atoms with Crippen LogP contribution < -0.4 is 5.32 Å². The van der Waals surface area contributed by atoms with Crippen molar-refractivity contribution in [2.24, 2.45) is 5.92 Å². The number of rotatable bonds is 3. The maximum absolute atomic E-state index is 3.76. The van der Waals surface area contributed by atoms with Crippen molar-refractivity contribution >= 4 is 0 Å². The van der Waals surface area contributed by atoms with Crippen LogP contribution in [0, 0.1) is 5.92 Å². The summed E-state index contributed by atoms with van der Waals surface area (Å²) >= 11 is 0. The summed E-state index contributed by atoms with van der Waals surface area (Å²) in [6.07, 6.45) is 9.82. The van der Waals surface area contributed by atoms with Crippen molar-refractivity contribution in [3.8, 4) is 0 Å². The Labute approximate surface area is 114 Å². The molecule has 1 heterocycles. The van der Waals surface area contributed by atoms with Crippen LogP contribution in [0.3, 0.4) is 0 Å². The predicted molar refractivity (Wildman–Crippen MR) is 78.9 cm³/mol. The van der Waals surface area contributed by atoms with Gasteiger partial charge in [-0.05, 0) is 51.6 Å². The highest BCUT2D eigenvalue weighted by Gasteiger charge is 2.35. The summed E-state index contributed by atoms with van der Waals surface area (Å²) in [5.41, 5.74) is 0.500. The van der Waals surface area contributed by atoms with Crippen LogP contribution in [0.4, 0.5) is 0 Å². The molecule has 1 N–H and O–H groups in total. The first-order chi connectivity index (χ1) is 8.60. The Balaban J connectivity index is 1.97. The summed E-state index contributed by atoms with van der Waals surface area (Å²) in [4.78, 5) is 2.82. The second-order valence-corrected chi connectivity index (χ2v) is 7.14. The van der Waals surface area contributed by atoms with Crippen molar-refractivity contribution in [1.29, 1.82) is 0 Å². The molecular weight excluding hydrogens is 220 g/mol. The van der Waals surface area contributed by atoms with Crippen LogP contribution in [0.15, 0.2) is 0 Å². The monoisotopic (exact) mass is 252 g/mol. The zero-order chi connectivity index (χ0) is 13.0. The molecular formula is C16H32N2. The van der Waals surface area contributed by atoms with Gasteiger partial charge in [-0.15, -0.1) is 0 Å². The fraction of sp³-hybridized carbons (Fsp3) is 1.00. The smallest absolute Gasteiger partial charge is 0.0197 e. The predicted octanol–water partition coefficient (Wildman–Crippen LogP) is 3.42. The second kappa shape index (κ2) is 6.38. The van der Waals surface area contributed by atoms with Crippen molar-refractivity contribution in [3.05, 3.63) is 0 Å². The second-order valence-electron chi connectivity index (χ2n) is 7.14. The SMILES string of the molecule is CC(C)CC1CN(C2(C)CCCCC2)CCCN1. The molecule has 1 unspecified atom stereocenters. The van der Waals surface area contributed by atoms with Gasteiger partial charge in [0, 0.05) is 18.1 Å². The van der Waals surface area contributed by atoms with E-state index < -0.39 is 0 Å². The summed E-state index contributed by atoms with van der Waals surface area (Å²) in [6.45, 7) is 11.0. The van der Waals surface area contributed by atoms with Crippen LogP contribution in [-0.4, -0.2) is 36.1 Å². The van der Waals surface area contributed by atoms with E-state index in [1.54, 1.807) is 0 Å². The molecule has 2 aliphatic rings. The topological polar surface area (TPSA) is 15.3 Å². The molecule has 1 saturated carbocycles. The van der Waals surface area contributed by atoms with E-state index in [-0.39, 0.29) is 0 Å². The highest BCUT2D eigenvalue weighted by Crippen LogP contribution is 2.34. The maximum atomic E-state index is 3.76. The first-order valence-electron chi connectivity index (χ1n) is 8.08. The van der Waals surface area contributed by atoms with Gasteiger partial charge in [0.05, 0.1) is 0 Å². The molecule has 2 rings (SSSR count). The minimum Gasteiger partial charge on any atom is -0.313 e. The summed E-state index contributed by atoms with van der Waals surface area (Å²) in [6, 6.07) is 0.714. The lowest BCUT2D eigenvalue weighted by Crippen LogP contribution is -2.51. The molecule has 0 amide bonds. The lowest BCUT2D eigenvalue weighted by molar-refractivity contribution is 0.0625. The fourth-order valence-corrected chi connectivity index (χ4v) is 3.84. The number of hydrogen-bond acceptors (Lipinski definition) is 2. The zero-order valence-corrected chi connectivity index (χ0v) is 12.7. The summed E-state index contributed by atoms with van der Waals surface area (Å²) < 4.78 is 0. The van der Waals surface area contributed by atoms with Crippen molar-refractivity contribution in [2.75, 3.05) is 19.6 Å². The van der Waals surface area contributed by atoms with Gasteiger partial charge in [0.2, 0.25) is 0 Å². The third-order valence-corrected chi connectivity index (χ3v) is 4.93. The van der Waals surface area contributed by atoms with E-state index in [0.717, 1.165) is 5.92 Å². The van der Waals surface area contributed by atoms with Gasteiger partial charge in [-0.25, -0.2) is 0 Å². The molecule has 1 atom stereocenters. The van der Waals surface area contributed by atoms with Crippen LogP contribution >= 0.6 is 0 Å². The molecule has 2 nitrogen and oxygen atoms in total. The molecule has 18 heavy (non-hydrogen) atoms. The van der Waals surface area contributed by atoms with Gasteiger partial charge in [-0.1, -0.05) is 33.1 Å². The van der Waals surface area contributed by atoms with Gasteiger partial charge in [0.25, 0.3) is 0 Å². The van der Waals surface area contributed by atoms with Crippen LogP contribution in [0.1, 0.15) is 65.7 Å². The lowest BCUT2D eigenvalue weighted by atomic mass is 9.81. The minimum atomic E-state index is 0.500. The molecule has 0 bridgehead atoms. The van der Waals surface area contributed by atoms with Crippen molar-refractivity contribution in [2.45, 2.75) is 77.3 Å². The van der Waals surface area contributed by atoms with Crippen LogP contribution in [0.2, 0.25) is 0 Å². The molecule has 106 valence electrons. The third-order valence-electron chi connectivity index (χ3n) is 4.93. The Morgan fingerprint density at radius 1 is 1.17 bits per heavy atom. The van der Waals surface area contributed by atoms with E-state index >= 15 is 0 Å². The van der Waals surface area contributed by atoms with E-state index in [2.05, 4.69) is 31.0 Å². The summed E-state index contributed by atoms with van der Waals surface area (Å²) in [5, 5.41) is 3.76. The van der Waals surface area contributed by atoms with E-state index in [4.69, 9.17) is 0 Å². The van der Waals surface area contributed by atoms with Gasteiger partial charge >= 0.3 is 0 Å². The van der Waals surface area contributed by atoms with Crippen molar-refractivity contribution < 1.29 is 0 Å². The Kier molecular flexibility index (Phi) is 5.08. The molecule has 0 aromatic carbocycles. The van der Waals surface area contributed by atoms with Gasteiger partial charge in [0.15, 0.2) is 0 Å². The lowest BCUT2D eigenvalue weighted by Gasteiger charge is -2.44. The average molecular weight is 252 g/mol. The Hall–Kier alpha value is -0.0800. The average Bonchev–Trinajstić information content (AvgIpc) is 2.55. The summed E-state index contributed by atoms with van der Waals surface area (Å²) in [7, 11) is 0. The van der Waals surface area contributed by atoms with Crippen LogP contribution in [0.5, 0.6) is 0 Å². The summed E-state index contributed by atoms with van der Waals surface area (Å²) in [5.74, 6) is 0.807. The largest absolute Gasteiger partial charge is 0.313 e. The quantitative estimate of drug-likeness (QED) is 0.828. The number of hydrogen-bond donors (Lipinski definition) is 1. The molecule has 0 aromatic heterocycles. The molecule has 2 heteroatoms. The third kappa shape index (κ3) is 3.71. The Morgan fingerprint density at radius 2 is 1.89 bits per heavy atom. The Bertz CT molecular complexity index is 243. The molecule has 0 aromatic rings. The van der Waals surface area contributed by atoms with Crippen LogP contribution in [-0.2, 0) is 0 Å². The van der Waals surface area contributed by atoms with E-state index in [9.17, 15) is 0 Å². The highest BCUT2D eigenvalue weighted by molar-refractivity contribution is 4.92. The first-order valence-corrected chi connectivity index (χ1v) is 8.08. The molecule has 1 aliphatic heterocycles. The fourth-order valence-electron chi connectivity index (χ4n) is 3.84. The van der Waals surface area contributed by atoms with Gasteiger partial charge in [0.1, 0.15) is 0 Å². The van der Waals surface area contributed by atoms with Gasteiger partial charge in [-0.3, -0.25) is 4.90 Å². The molecule has 1 aliphatic carbocycles. The number of nitrogens with zero attached hydrogens (tertiary/aromatic N) is 1. The van der Waals surface area contributed by atoms with Crippen molar-refractivity contribution in [1.82, 2.24) is 10.2 Å². The Morgan fingerprint density at radius 3 is 2.56 bits per heavy atom. The molecule has 1 saturated heterocycles. The first kappa shape index (κ1) is 14.3. The normalized spacial score (nSPS) is 30.3. The highest BCUT2D eigenvalue weighted by atomic mass is 15.2.